The largest absolute Gasteiger partial charge is 0.353 e. The van der Waals surface area contributed by atoms with E-state index in [1.807, 2.05) is 0 Å². The molecule has 3 nitrogen and oxygen atoms in total. The fourth-order valence-electron chi connectivity index (χ4n) is 1.05. The second-order valence-electron chi connectivity index (χ2n) is 3.42. The molecule has 0 bridgehead atoms. The van der Waals surface area contributed by atoms with E-state index in [9.17, 15) is 0 Å². The second-order valence-corrected chi connectivity index (χ2v) is 3.42. The van der Waals surface area contributed by atoms with Crippen LogP contribution < -0.4 is 5.73 Å². The first-order chi connectivity index (χ1) is 6.85. The van der Waals surface area contributed by atoms with Crippen molar-refractivity contribution in [2.75, 3.05) is 19.8 Å². The third kappa shape index (κ3) is 8.48. The first kappa shape index (κ1) is 13.9. The lowest BCUT2D eigenvalue weighted by Gasteiger charge is -2.17. The third-order valence-corrected chi connectivity index (χ3v) is 1.98. The molecule has 0 aliphatic carbocycles. The van der Waals surface area contributed by atoms with Crippen LogP contribution in [0.4, 0.5) is 0 Å². The molecule has 0 rings (SSSR count). The zero-order chi connectivity index (χ0) is 10.6. The van der Waals surface area contributed by atoms with Gasteiger partial charge in [-0.3, -0.25) is 5.73 Å². The number of hydrogen-bond donors (Lipinski definition) is 0. The molecule has 85 valence electrons. The minimum absolute atomic E-state index is 0.148. The van der Waals surface area contributed by atoms with Crippen LogP contribution in [0.2, 0.25) is 0 Å². The molecule has 0 aliphatic heterocycles. The molecule has 14 heavy (non-hydrogen) atoms. The van der Waals surface area contributed by atoms with E-state index in [0.717, 1.165) is 38.9 Å². The van der Waals surface area contributed by atoms with E-state index in [2.05, 4.69) is 13.8 Å². The first-order valence-corrected chi connectivity index (χ1v) is 5.72. The van der Waals surface area contributed by atoms with Crippen molar-refractivity contribution in [3.63, 3.8) is 0 Å². The lowest BCUT2D eigenvalue weighted by atomic mass is 10.3. The smallest absolute Gasteiger partial charge is 0.158 e. The number of unbranched alkanes of at least 4 members (excludes halogenated alkanes) is 2. The maximum absolute atomic E-state index is 7.13. The van der Waals surface area contributed by atoms with Crippen LogP contribution in [0.1, 0.15) is 46.0 Å². The molecule has 0 aromatic carbocycles. The van der Waals surface area contributed by atoms with Crippen LogP contribution in [0.15, 0.2) is 0 Å². The first-order valence-electron chi connectivity index (χ1n) is 5.72. The Labute approximate surface area is 88.0 Å². The second kappa shape index (κ2) is 11.0. The van der Waals surface area contributed by atoms with E-state index in [-0.39, 0.29) is 6.29 Å². The molecular weight excluding hydrogens is 178 g/mol. The van der Waals surface area contributed by atoms with Crippen LogP contribution in [-0.2, 0) is 9.47 Å². The van der Waals surface area contributed by atoms with E-state index in [4.69, 9.17) is 15.2 Å². The van der Waals surface area contributed by atoms with Crippen LogP contribution in [-0.4, -0.2) is 26.0 Å². The lowest BCUT2D eigenvalue weighted by Crippen LogP contribution is -2.20. The predicted molar refractivity (Wildman–Crippen MR) is 58.1 cm³/mol. The average molecular weight is 202 g/mol. The summed E-state index contributed by atoms with van der Waals surface area (Å²) >= 11 is 0. The van der Waals surface area contributed by atoms with Crippen molar-refractivity contribution < 1.29 is 9.47 Å². The molecule has 0 aromatic rings. The normalized spacial score (nSPS) is 11.1. The third-order valence-electron chi connectivity index (χ3n) is 1.98. The quantitative estimate of drug-likeness (QED) is 0.403. The van der Waals surface area contributed by atoms with E-state index >= 15 is 0 Å². The maximum atomic E-state index is 7.13. The number of ether oxygens (including phenoxy) is 2. The molecule has 0 saturated heterocycles. The fraction of sp³-hybridized carbons (Fsp3) is 1.00. The Morgan fingerprint density at radius 3 is 1.86 bits per heavy atom. The summed E-state index contributed by atoms with van der Waals surface area (Å²) in [5.74, 6) is 0. The van der Waals surface area contributed by atoms with Gasteiger partial charge in [0.15, 0.2) is 6.29 Å². The van der Waals surface area contributed by atoms with Crippen molar-refractivity contribution in [3.05, 3.63) is 0 Å². The summed E-state index contributed by atoms with van der Waals surface area (Å²) in [6.07, 6.45) is 4.97. The highest BCUT2D eigenvalue weighted by Crippen LogP contribution is 2.03. The summed E-state index contributed by atoms with van der Waals surface area (Å²) in [6.45, 7) is 6.17. The molecule has 0 heterocycles. The van der Waals surface area contributed by atoms with Crippen molar-refractivity contribution >= 4 is 0 Å². The van der Waals surface area contributed by atoms with Crippen LogP contribution in [0.3, 0.4) is 0 Å². The van der Waals surface area contributed by atoms with Crippen molar-refractivity contribution in [3.8, 4) is 0 Å². The van der Waals surface area contributed by atoms with Gasteiger partial charge in [-0.25, -0.2) is 0 Å². The standard InChI is InChI=1S/C11H24NO2/c1-3-5-9-13-11(7-8-12)14-10-6-4-2/h11-12H,3-10H2,1-2H3. The zero-order valence-corrected chi connectivity index (χ0v) is 9.55. The van der Waals surface area contributed by atoms with E-state index in [1.54, 1.807) is 0 Å². The highest BCUT2D eigenvalue weighted by atomic mass is 16.7. The van der Waals surface area contributed by atoms with Gasteiger partial charge in [0.2, 0.25) is 0 Å². The van der Waals surface area contributed by atoms with Gasteiger partial charge in [-0.05, 0) is 12.8 Å². The highest BCUT2D eigenvalue weighted by Gasteiger charge is 2.07. The molecule has 3 heteroatoms. The average Bonchev–Trinajstić information content (AvgIpc) is 2.18. The predicted octanol–water partition coefficient (Wildman–Crippen LogP) is 2.62. The van der Waals surface area contributed by atoms with Gasteiger partial charge >= 0.3 is 0 Å². The summed E-state index contributed by atoms with van der Waals surface area (Å²) in [5.41, 5.74) is 7.13. The summed E-state index contributed by atoms with van der Waals surface area (Å²) < 4.78 is 11.1. The van der Waals surface area contributed by atoms with Gasteiger partial charge in [-0.2, -0.15) is 0 Å². The molecule has 0 spiro atoms. The van der Waals surface area contributed by atoms with Gasteiger partial charge in [0.05, 0.1) is 0 Å². The number of hydrogen-bond acceptors (Lipinski definition) is 2. The minimum Gasteiger partial charge on any atom is -0.353 e. The van der Waals surface area contributed by atoms with Crippen molar-refractivity contribution in [2.45, 2.75) is 52.2 Å². The Kier molecular flexibility index (Phi) is 10.9. The molecule has 0 saturated carbocycles. The van der Waals surface area contributed by atoms with E-state index in [1.165, 1.54) is 0 Å². The number of rotatable bonds is 10. The minimum atomic E-state index is -0.148. The monoisotopic (exact) mass is 202 g/mol. The van der Waals surface area contributed by atoms with Crippen LogP contribution in [0, 0.1) is 0 Å². The molecule has 0 amide bonds. The molecule has 0 atom stereocenters. The van der Waals surface area contributed by atoms with Crippen LogP contribution in [0.25, 0.3) is 0 Å². The molecular formula is C11H24NO2. The van der Waals surface area contributed by atoms with Crippen molar-refractivity contribution in [2.24, 2.45) is 0 Å². The van der Waals surface area contributed by atoms with Gasteiger partial charge in [-0.1, -0.05) is 26.7 Å². The Morgan fingerprint density at radius 1 is 1.00 bits per heavy atom. The Balaban J connectivity index is 3.44. The Hall–Kier alpha value is -0.120. The van der Waals surface area contributed by atoms with Crippen molar-refractivity contribution in [1.29, 1.82) is 0 Å². The highest BCUT2D eigenvalue weighted by molar-refractivity contribution is 4.47. The molecule has 1 radical (unpaired) electrons. The van der Waals surface area contributed by atoms with Gasteiger partial charge in [-0.15, -0.1) is 0 Å². The Bertz CT molecular complexity index is 99.5. The zero-order valence-electron chi connectivity index (χ0n) is 9.55. The summed E-state index contributed by atoms with van der Waals surface area (Å²) in [7, 11) is 0. The molecule has 1 N–H and O–H groups in total. The molecule has 0 aliphatic rings. The van der Waals surface area contributed by atoms with E-state index < -0.39 is 0 Å². The molecule has 0 aromatic heterocycles. The summed E-state index contributed by atoms with van der Waals surface area (Å²) in [6, 6.07) is 0. The number of nitrogens with one attached hydrogen (secondary N) is 1. The Morgan fingerprint density at radius 2 is 1.50 bits per heavy atom. The SMILES string of the molecule is CCCCOC(CC[NH])OCCCC. The lowest BCUT2D eigenvalue weighted by molar-refractivity contribution is -0.145. The van der Waals surface area contributed by atoms with Crippen LogP contribution in [0.5, 0.6) is 0 Å². The van der Waals surface area contributed by atoms with Gasteiger partial charge in [0, 0.05) is 26.2 Å². The van der Waals surface area contributed by atoms with Crippen molar-refractivity contribution in [1.82, 2.24) is 5.73 Å². The van der Waals surface area contributed by atoms with E-state index in [0.29, 0.717) is 13.0 Å². The van der Waals surface area contributed by atoms with Gasteiger partial charge in [0.1, 0.15) is 0 Å². The fourth-order valence-corrected chi connectivity index (χ4v) is 1.05. The maximum Gasteiger partial charge on any atom is 0.158 e. The molecule has 0 fully saturated rings. The summed E-state index contributed by atoms with van der Waals surface area (Å²) in [4.78, 5) is 0. The van der Waals surface area contributed by atoms with Gasteiger partial charge in [0.25, 0.3) is 0 Å². The summed E-state index contributed by atoms with van der Waals surface area (Å²) in [5, 5.41) is 0. The topological polar surface area (TPSA) is 42.3 Å². The van der Waals surface area contributed by atoms with Gasteiger partial charge < -0.3 is 9.47 Å². The van der Waals surface area contributed by atoms with Crippen LogP contribution >= 0.6 is 0 Å². The molecule has 0 unspecified atom stereocenters.